The number of fused-ring (bicyclic) bond motifs is 3. The van der Waals surface area contributed by atoms with Gasteiger partial charge >= 0.3 is 0 Å². The van der Waals surface area contributed by atoms with Crippen molar-refractivity contribution < 1.29 is 0 Å². The van der Waals surface area contributed by atoms with Gasteiger partial charge in [-0.15, -0.1) is 0 Å². The normalized spacial score (nSPS) is 11.1. The molecule has 0 amide bonds. The first-order chi connectivity index (χ1) is 23.4. The Balaban J connectivity index is 1.24. The second-order valence-electron chi connectivity index (χ2n) is 14.3. The Morgan fingerprint density at radius 3 is 1.24 bits per heavy atom. The molecule has 0 aliphatic carbocycles. The summed E-state index contributed by atoms with van der Waals surface area (Å²) in [4.78, 5) is 0. The minimum atomic E-state index is 0.0643. The lowest BCUT2D eigenvalue weighted by Gasteiger charge is -2.19. The molecule has 6 aromatic rings. The van der Waals surface area contributed by atoms with E-state index in [-0.39, 0.29) is 16.4 Å². The minimum Gasteiger partial charge on any atom is -0.309 e. The van der Waals surface area contributed by atoms with Crippen LogP contribution in [0.2, 0.25) is 0 Å². The van der Waals surface area contributed by atoms with Crippen LogP contribution in [0.4, 0.5) is 0 Å². The van der Waals surface area contributed by atoms with Gasteiger partial charge in [0.15, 0.2) is 0 Å². The molecule has 236 valence electrons. The molecule has 3 nitrogen and oxygen atoms in total. The van der Waals surface area contributed by atoms with Crippen LogP contribution in [0.25, 0.3) is 33.6 Å². The van der Waals surface area contributed by atoms with Crippen molar-refractivity contribution in [3.05, 3.63) is 154 Å². The fourth-order valence-electron chi connectivity index (χ4n) is 5.77. The van der Waals surface area contributed by atoms with E-state index in [1.807, 2.05) is 60.7 Å². The highest BCUT2D eigenvalue weighted by Crippen LogP contribution is 2.37. The van der Waals surface area contributed by atoms with Gasteiger partial charge in [0.25, 0.3) is 0 Å². The third-order valence-corrected chi connectivity index (χ3v) is 8.67. The lowest BCUT2D eigenvalue weighted by molar-refractivity contribution is 0.590. The molecule has 0 spiro atoms. The summed E-state index contributed by atoms with van der Waals surface area (Å²) in [5, 5.41) is 20.4. The van der Waals surface area contributed by atoms with Gasteiger partial charge < -0.3 is 4.57 Å². The van der Waals surface area contributed by atoms with Crippen LogP contribution in [0.5, 0.6) is 0 Å². The molecule has 0 saturated carbocycles. The van der Waals surface area contributed by atoms with Crippen LogP contribution in [0.3, 0.4) is 0 Å². The van der Waals surface area contributed by atoms with Crippen molar-refractivity contribution in [3.8, 4) is 41.5 Å². The number of benzene rings is 5. The van der Waals surface area contributed by atoms with Gasteiger partial charge in [-0.25, -0.2) is 0 Å². The Kier molecular flexibility index (Phi) is 8.73. The molecule has 0 N–H and O–H groups in total. The first-order valence-electron chi connectivity index (χ1n) is 16.4. The van der Waals surface area contributed by atoms with E-state index < -0.39 is 0 Å². The number of nitriles is 2. The molecule has 3 heteroatoms. The Morgan fingerprint density at radius 1 is 0.510 bits per heavy atom. The molecule has 49 heavy (non-hydrogen) atoms. The number of rotatable bonds is 2. The molecule has 6 rings (SSSR count). The third-order valence-electron chi connectivity index (χ3n) is 8.67. The van der Waals surface area contributed by atoms with E-state index in [1.165, 1.54) is 32.9 Å². The van der Waals surface area contributed by atoms with E-state index in [0.717, 1.165) is 33.5 Å². The van der Waals surface area contributed by atoms with Crippen molar-refractivity contribution in [2.75, 3.05) is 0 Å². The molecule has 1 aromatic heterocycles. The van der Waals surface area contributed by atoms with Gasteiger partial charge in [-0.3, -0.25) is 0 Å². The first-order valence-corrected chi connectivity index (χ1v) is 16.4. The van der Waals surface area contributed by atoms with Crippen LogP contribution in [0, 0.1) is 46.3 Å². The summed E-state index contributed by atoms with van der Waals surface area (Å²) in [7, 11) is 0. The van der Waals surface area contributed by atoms with Crippen molar-refractivity contribution in [2.45, 2.75) is 52.4 Å². The number of hydrogen-bond donors (Lipinski definition) is 0. The molecule has 0 aliphatic heterocycles. The third kappa shape index (κ3) is 7.19. The predicted octanol–water partition coefficient (Wildman–Crippen LogP) is 10.6. The predicted molar refractivity (Wildman–Crippen MR) is 202 cm³/mol. The van der Waals surface area contributed by atoms with Crippen LogP contribution >= 0.6 is 0 Å². The maximum absolute atomic E-state index is 8.94. The number of hydrogen-bond acceptors (Lipinski definition) is 2. The maximum atomic E-state index is 8.94. The Morgan fingerprint density at radius 2 is 0.878 bits per heavy atom. The average molecular weight is 632 g/mol. The van der Waals surface area contributed by atoms with Gasteiger partial charge in [-0.2, -0.15) is 10.5 Å². The number of aromatic nitrogens is 1. The van der Waals surface area contributed by atoms with Crippen molar-refractivity contribution in [3.63, 3.8) is 0 Å². The van der Waals surface area contributed by atoms with Crippen LogP contribution in [-0.2, 0) is 10.8 Å². The molecular formula is C46H37N3. The van der Waals surface area contributed by atoms with Crippen LogP contribution in [0.15, 0.2) is 115 Å². The largest absolute Gasteiger partial charge is 0.309 e. The molecule has 0 saturated heterocycles. The van der Waals surface area contributed by atoms with E-state index in [1.54, 1.807) is 6.08 Å². The quantitative estimate of drug-likeness (QED) is 0.141. The van der Waals surface area contributed by atoms with E-state index in [0.29, 0.717) is 0 Å². The summed E-state index contributed by atoms with van der Waals surface area (Å²) in [5.41, 5.74) is 10.8. The topological polar surface area (TPSA) is 52.5 Å². The monoisotopic (exact) mass is 631 g/mol. The molecule has 1 heterocycles. The van der Waals surface area contributed by atoms with E-state index in [9.17, 15) is 0 Å². The summed E-state index contributed by atoms with van der Waals surface area (Å²) < 4.78 is 2.37. The SMILES string of the molecule is CC(C)(C)c1ccc2c(c1)c1cc(C(C)(C)C)ccc1n2-c1ccc(C#Cc2ccc(C#Cc3ccc(C=C(C#N)C#N)cc3)cc2)cc1. The zero-order valence-electron chi connectivity index (χ0n) is 28.8. The molecule has 0 bridgehead atoms. The van der Waals surface area contributed by atoms with Gasteiger partial charge in [0.1, 0.15) is 17.7 Å². The molecule has 0 atom stereocenters. The van der Waals surface area contributed by atoms with Gasteiger partial charge in [-0.1, -0.05) is 89.5 Å². The molecule has 0 aliphatic rings. The van der Waals surface area contributed by atoms with Gasteiger partial charge in [0.2, 0.25) is 0 Å². The minimum absolute atomic E-state index is 0.0643. The Bertz CT molecular complexity index is 2350. The highest BCUT2D eigenvalue weighted by Gasteiger charge is 2.20. The van der Waals surface area contributed by atoms with E-state index in [2.05, 4.69) is 130 Å². The summed E-state index contributed by atoms with van der Waals surface area (Å²) >= 11 is 0. The van der Waals surface area contributed by atoms with Crippen molar-refractivity contribution >= 4 is 27.9 Å². The highest BCUT2D eigenvalue weighted by atomic mass is 15.0. The second-order valence-corrected chi connectivity index (χ2v) is 14.3. The van der Waals surface area contributed by atoms with Gasteiger partial charge in [-0.05, 0) is 119 Å². The zero-order chi connectivity index (χ0) is 34.8. The van der Waals surface area contributed by atoms with E-state index >= 15 is 0 Å². The maximum Gasteiger partial charge on any atom is 0.130 e. The molecule has 0 radical (unpaired) electrons. The van der Waals surface area contributed by atoms with Crippen LogP contribution in [0.1, 0.15) is 80.5 Å². The average Bonchev–Trinajstić information content (AvgIpc) is 3.42. The summed E-state index contributed by atoms with van der Waals surface area (Å²) in [6.07, 6.45) is 1.56. The van der Waals surface area contributed by atoms with E-state index in [4.69, 9.17) is 10.5 Å². The van der Waals surface area contributed by atoms with Gasteiger partial charge in [0.05, 0.1) is 11.0 Å². The molecule has 5 aromatic carbocycles. The highest BCUT2D eigenvalue weighted by molar-refractivity contribution is 6.09. The lowest BCUT2D eigenvalue weighted by atomic mass is 9.85. The standard InChI is InChI=1S/C46H37N3/c1-45(2,3)38-21-25-43-41(28-38)42-29-39(46(4,5)6)22-26-44(42)49(43)40-23-19-35(20-24-40)14-13-33-9-7-32(8-10-33)11-12-34-15-17-36(18-16-34)27-37(30-47)31-48/h7-10,15-29H,1-6H3. The van der Waals surface area contributed by atoms with Crippen LogP contribution < -0.4 is 0 Å². The van der Waals surface area contributed by atoms with Crippen LogP contribution in [-0.4, -0.2) is 4.57 Å². The molecular weight excluding hydrogens is 595 g/mol. The second kappa shape index (κ2) is 13.1. The number of nitrogens with zero attached hydrogens (tertiary/aromatic N) is 3. The summed E-state index contributed by atoms with van der Waals surface area (Å²) in [5.74, 6) is 13.0. The fourth-order valence-corrected chi connectivity index (χ4v) is 5.77. The van der Waals surface area contributed by atoms with Crippen molar-refractivity contribution in [1.29, 1.82) is 10.5 Å². The van der Waals surface area contributed by atoms with Crippen molar-refractivity contribution in [2.24, 2.45) is 0 Å². The molecule has 0 fully saturated rings. The first kappa shape index (κ1) is 32.7. The smallest absolute Gasteiger partial charge is 0.130 e. The number of allylic oxidation sites excluding steroid dienone is 1. The zero-order valence-corrected chi connectivity index (χ0v) is 28.8. The Labute approximate surface area is 289 Å². The Hall–Kier alpha value is -6.26. The summed E-state index contributed by atoms with van der Waals surface area (Å²) in [6, 6.07) is 41.4. The van der Waals surface area contributed by atoms with Crippen molar-refractivity contribution in [1.82, 2.24) is 4.57 Å². The van der Waals surface area contributed by atoms with Gasteiger partial charge in [0, 0.05) is 38.7 Å². The summed E-state index contributed by atoms with van der Waals surface area (Å²) in [6.45, 7) is 13.6. The fraction of sp³-hybridized carbons (Fsp3) is 0.174. The lowest BCUT2D eigenvalue weighted by Crippen LogP contribution is -2.10. The molecule has 0 unspecified atom stereocenters.